The molecule has 0 aliphatic carbocycles. The van der Waals surface area contributed by atoms with E-state index >= 15 is 0 Å². The van der Waals surface area contributed by atoms with Crippen LogP contribution >= 0.6 is 11.6 Å². The van der Waals surface area contributed by atoms with Gasteiger partial charge >= 0.3 is 0 Å². The van der Waals surface area contributed by atoms with Gasteiger partial charge in [-0.3, -0.25) is 4.79 Å². The Bertz CT molecular complexity index is 1170. The number of carbonyl (C=O) groups excluding carboxylic acids is 1. The molecule has 1 N–H and O–H groups in total. The molecule has 0 aliphatic heterocycles. The minimum absolute atomic E-state index is 0.184. The quantitative estimate of drug-likeness (QED) is 0.566. The zero-order chi connectivity index (χ0) is 19.7. The van der Waals surface area contributed by atoms with E-state index in [4.69, 9.17) is 16.3 Å². The number of anilines is 1. The number of nitrogens with zero attached hydrogens (tertiary/aromatic N) is 4. The van der Waals surface area contributed by atoms with E-state index < -0.39 is 0 Å². The molecule has 28 heavy (non-hydrogen) atoms. The van der Waals surface area contributed by atoms with Crippen LogP contribution in [0.25, 0.3) is 16.8 Å². The number of fused-ring (bicyclic) bond motifs is 1. The number of benzene rings is 2. The smallest absolute Gasteiger partial charge is 0.278 e. The molecule has 0 atom stereocenters. The van der Waals surface area contributed by atoms with Gasteiger partial charge in [-0.25, -0.2) is 4.52 Å². The maximum absolute atomic E-state index is 12.7. The average Bonchev–Trinajstić information content (AvgIpc) is 3.14. The highest BCUT2D eigenvalue weighted by Crippen LogP contribution is 2.26. The Balaban J connectivity index is 1.70. The van der Waals surface area contributed by atoms with E-state index in [2.05, 4.69) is 20.6 Å². The fraction of sp³-hybridized carbons (Fsp3) is 0.100. The number of para-hydroxylation sites is 2. The second-order valence-corrected chi connectivity index (χ2v) is 6.53. The Morgan fingerprint density at radius 1 is 1.11 bits per heavy atom. The molecule has 2 aromatic carbocycles. The van der Waals surface area contributed by atoms with Gasteiger partial charge in [-0.15, -0.1) is 10.2 Å². The predicted molar refractivity (Wildman–Crippen MR) is 107 cm³/mol. The molecule has 2 heterocycles. The summed E-state index contributed by atoms with van der Waals surface area (Å²) in [5, 5.41) is 16.2. The summed E-state index contributed by atoms with van der Waals surface area (Å²) in [5.41, 5.74) is 3.61. The van der Waals surface area contributed by atoms with Crippen LogP contribution in [0.1, 0.15) is 16.2 Å². The van der Waals surface area contributed by atoms with Crippen LogP contribution in [0.4, 0.5) is 5.69 Å². The number of hydrogen-bond donors (Lipinski definition) is 1. The molecule has 0 spiro atoms. The third-order valence-electron chi connectivity index (χ3n) is 4.37. The number of carbonyl (C=O) groups is 1. The van der Waals surface area contributed by atoms with E-state index in [0.717, 1.165) is 11.1 Å². The third-order valence-corrected chi connectivity index (χ3v) is 4.63. The molecule has 7 nitrogen and oxygen atoms in total. The van der Waals surface area contributed by atoms with E-state index in [1.807, 2.05) is 24.3 Å². The lowest BCUT2D eigenvalue weighted by Gasteiger charge is -2.10. The number of aryl methyl sites for hydroxylation is 1. The topological polar surface area (TPSA) is 81.4 Å². The number of nitrogens with one attached hydrogen (secondary N) is 1. The van der Waals surface area contributed by atoms with E-state index in [1.165, 1.54) is 0 Å². The molecule has 0 radical (unpaired) electrons. The highest BCUT2D eigenvalue weighted by Gasteiger charge is 2.19. The Hall–Kier alpha value is -3.45. The summed E-state index contributed by atoms with van der Waals surface area (Å²) in [4.78, 5) is 12.7. The first-order valence-electron chi connectivity index (χ1n) is 8.50. The molecule has 0 unspecified atom stereocenters. The average molecular weight is 394 g/mol. The van der Waals surface area contributed by atoms with Crippen LogP contribution in [0, 0.1) is 6.92 Å². The fourth-order valence-electron chi connectivity index (χ4n) is 2.93. The number of hydrogen-bond acceptors (Lipinski definition) is 5. The van der Waals surface area contributed by atoms with Crippen molar-refractivity contribution in [1.29, 1.82) is 0 Å². The SMILES string of the molecule is COc1ccccc1NC(=O)c1nnc2c(-c3ccc(Cl)cc3)cnn2c1C. The second kappa shape index (κ2) is 7.28. The van der Waals surface area contributed by atoms with Gasteiger partial charge in [0, 0.05) is 10.6 Å². The summed E-state index contributed by atoms with van der Waals surface area (Å²) in [7, 11) is 1.55. The minimum Gasteiger partial charge on any atom is -0.495 e. The first-order valence-corrected chi connectivity index (χ1v) is 8.87. The molecule has 2 aromatic heterocycles. The zero-order valence-corrected chi connectivity index (χ0v) is 15.9. The lowest BCUT2D eigenvalue weighted by molar-refractivity contribution is 0.101. The monoisotopic (exact) mass is 393 g/mol. The Kier molecular flexibility index (Phi) is 4.67. The number of ether oxygens (including phenoxy) is 1. The predicted octanol–water partition coefficient (Wildman–Crippen LogP) is 4.01. The van der Waals surface area contributed by atoms with Crippen molar-refractivity contribution < 1.29 is 9.53 Å². The van der Waals surface area contributed by atoms with Crippen LogP contribution in [0.5, 0.6) is 5.75 Å². The van der Waals surface area contributed by atoms with Gasteiger partial charge in [0.1, 0.15) is 5.75 Å². The number of rotatable bonds is 4. The van der Waals surface area contributed by atoms with Crippen molar-refractivity contribution in [3.05, 3.63) is 71.1 Å². The maximum atomic E-state index is 12.7. The summed E-state index contributed by atoms with van der Waals surface area (Å²) in [6, 6.07) is 14.5. The molecule has 1 amide bonds. The van der Waals surface area contributed by atoms with Crippen molar-refractivity contribution >= 4 is 28.8 Å². The molecule has 0 bridgehead atoms. The van der Waals surface area contributed by atoms with Crippen molar-refractivity contribution in [2.45, 2.75) is 6.92 Å². The normalized spacial score (nSPS) is 10.8. The van der Waals surface area contributed by atoms with Crippen LogP contribution in [0.2, 0.25) is 5.02 Å². The summed E-state index contributed by atoms with van der Waals surface area (Å²) in [6.45, 7) is 1.78. The third kappa shape index (κ3) is 3.16. The van der Waals surface area contributed by atoms with Crippen molar-refractivity contribution in [1.82, 2.24) is 19.8 Å². The van der Waals surface area contributed by atoms with Crippen LogP contribution in [0.3, 0.4) is 0 Å². The first kappa shape index (κ1) is 17.9. The summed E-state index contributed by atoms with van der Waals surface area (Å²) in [5.74, 6) is 0.173. The number of aromatic nitrogens is 4. The minimum atomic E-state index is -0.389. The van der Waals surface area contributed by atoms with Gasteiger partial charge in [-0.1, -0.05) is 35.9 Å². The molecule has 140 valence electrons. The summed E-state index contributed by atoms with van der Waals surface area (Å²) < 4.78 is 6.87. The van der Waals surface area contributed by atoms with Gasteiger partial charge in [-0.2, -0.15) is 5.10 Å². The fourth-order valence-corrected chi connectivity index (χ4v) is 3.05. The van der Waals surface area contributed by atoms with Gasteiger partial charge in [0.25, 0.3) is 5.91 Å². The Labute approximate surface area is 165 Å². The van der Waals surface area contributed by atoms with E-state index in [9.17, 15) is 4.79 Å². The van der Waals surface area contributed by atoms with Crippen LogP contribution in [0.15, 0.2) is 54.7 Å². The van der Waals surface area contributed by atoms with E-state index in [-0.39, 0.29) is 11.6 Å². The molecule has 4 aromatic rings. The van der Waals surface area contributed by atoms with Crippen molar-refractivity contribution in [2.24, 2.45) is 0 Å². The highest BCUT2D eigenvalue weighted by molar-refractivity contribution is 6.30. The van der Waals surface area contributed by atoms with E-state index in [1.54, 1.807) is 49.0 Å². The van der Waals surface area contributed by atoms with Gasteiger partial charge < -0.3 is 10.1 Å². The van der Waals surface area contributed by atoms with Crippen molar-refractivity contribution in [2.75, 3.05) is 12.4 Å². The summed E-state index contributed by atoms with van der Waals surface area (Å²) in [6.07, 6.45) is 1.70. The Morgan fingerprint density at radius 3 is 2.61 bits per heavy atom. The Morgan fingerprint density at radius 2 is 1.86 bits per heavy atom. The second-order valence-electron chi connectivity index (χ2n) is 6.09. The standard InChI is InChI=1S/C20H16ClN5O2/c1-12-18(20(27)23-16-5-3-4-6-17(16)28-2)24-25-19-15(11-22-26(12)19)13-7-9-14(21)10-8-13/h3-11H,1-2H3,(H,23,27). The van der Waals surface area contributed by atoms with E-state index in [0.29, 0.717) is 27.8 Å². The maximum Gasteiger partial charge on any atom is 0.278 e. The number of halogens is 1. The summed E-state index contributed by atoms with van der Waals surface area (Å²) >= 11 is 5.96. The lowest BCUT2D eigenvalue weighted by Crippen LogP contribution is -2.19. The molecular formula is C20H16ClN5O2. The molecule has 0 saturated heterocycles. The lowest BCUT2D eigenvalue weighted by atomic mass is 10.1. The zero-order valence-electron chi connectivity index (χ0n) is 15.2. The largest absolute Gasteiger partial charge is 0.495 e. The molecule has 4 rings (SSSR count). The van der Waals surface area contributed by atoms with Gasteiger partial charge in [0.2, 0.25) is 0 Å². The van der Waals surface area contributed by atoms with Gasteiger partial charge in [-0.05, 0) is 36.8 Å². The molecule has 0 fully saturated rings. The van der Waals surface area contributed by atoms with Crippen LogP contribution in [-0.4, -0.2) is 32.8 Å². The molecule has 0 saturated carbocycles. The van der Waals surface area contributed by atoms with Crippen molar-refractivity contribution in [3.8, 4) is 16.9 Å². The molecule has 8 heteroatoms. The van der Waals surface area contributed by atoms with Crippen LogP contribution < -0.4 is 10.1 Å². The highest BCUT2D eigenvalue weighted by atomic mass is 35.5. The number of methoxy groups -OCH3 is 1. The molecular weight excluding hydrogens is 378 g/mol. The first-order chi connectivity index (χ1) is 13.6. The van der Waals surface area contributed by atoms with Gasteiger partial charge in [0.15, 0.2) is 11.3 Å². The van der Waals surface area contributed by atoms with Gasteiger partial charge in [0.05, 0.1) is 24.7 Å². The molecule has 0 aliphatic rings. The van der Waals surface area contributed by atoms with Crippen LogP contribution in [-0.2, 0) is 0 Å². The number of amides is 1. The van der Waals surface area contributed by atoms with Crippen molar-refractivity contribution in [3.63, 3.8) is 0 Å².